The van der Waals surface area contributed by atoms with Gasteiger partial charge in [-0.2, -0.15) is 18.2 Å². The number of benzene rings is 1. The third-order valence-electron chi connectivity index (χ3n) is 2.76. The van der Waals surface area contributed by atoms with Crippen molar-refractivity contribution in [1.29, 1.82) is 0 Å². The lowest BCUT2D eigenvalue weighted by Crippen LogP contribution is -2.19. The SMILES string of the molecule is COCCOCC(=O)Nc1ccc(-c2noc(C(F)(F)F)n2)cc1. The Kier molecular flexibility index (Phi) is 5.88. The molecule has 1 N–H and O–H groups in total. The van der Waals surface area contributed by atoms with Gasteiger partial charge in [-0.05, 0) is 24.3 Å². The number of hydrogen-bond donors (Lipinski definition) is 1. The summed E-state index contributed by atoms with van der Waals surface area (Å²) < 4.78 is 51.2. The summed E-state index contributed by atoms with van der Waals surface area (Å²) in [6.07, 6.45) is -4.69. The van der Waals surface area contributed by atoms with Crippen molar-refractivity contribution in [2.75, 3.05) is 32.2 Å². The lowest BCUT2D eigenvalue weighted by atomic mass is 10.2. The normalized spacial score (nSPS) is 11.5. The molecule has 2 rings (SSSR count). The number of alkyl halides is 3. The first-order chi connectivity index (χ1) is 11.4. The van der Waals surface area contributed by atoms with Gasteiger partial charge < -0.3 is 19.3 Å². The summed E-state index contributed by atoms with van der Waals surface area (Å²) in [5, 5.41) is 5.85. The summed E-state index contributed by atoms with van der Waals surface area (Å²) >= 11 is 0. The maximum atomic E-state index is 12.4. The Morgan fingerprint density at radius 3 is 2.54 bits per heavy atom. The van der Waals surface area contributed by atoms with Crippen LogP contribution in [0.5, 0.6) is 0 Å². The molecule has 0 radical (unpaired) electrons. The van der Waals surface area contributed by atoms with Crippen molar-refractivity contribution in [3.05, 3.63) is 30.2 Å². The minimum absolute atomic E-state index is 0.134. The van der Waals surface area contributed by atoms with Crippen LogP contribution in [0.4, 0.5) is 18.9 Å². The molecule has 24 heavy (non-hydrogen) atoms. The molecule has 0 atom stereocenters. The molecule has 0 aliphatic rings. The maximum absolute atomic E-state index is 12.4. The second-order valence-electron chi connectivity index (χ2n) is 4.59. The third-order valence-corrected chi connectivity index (χ3v) is 2.76. The van der Waals surface area contributed by atoms with E-state index in [-0.39, 0.29) is 18.3 Å². The van der Waals surface area contributed by atoms with E-state index in [1.165, 1.54) is 31.4 Å². The van der Waals surface area contributed by atoms with E-state index in [0.29, 0.717) is 24.5 Å². The summed E-state index contributed by atoms with van der Waals surface area (Å²) in [7, 11) is 1.52. The number of carbonyl (C=O) groups excluding carboxylic acids is 1. The molecule has 0 aliphatic carbocycles. The van der Waals surface area contributed by atoms with Gasteiger partial charge in [0.25, 0.3) is 0 Å². The zero-order valence-electron chi connectivity index (χ0n) is 12.6. The summed E-state index contributed by atoms with van der Waals surface area (Å²) in [6, 6.07) is 5.94. The topological polar surface area (TPSA) is 86.5 Å². The van der Waals surface area contributed by atoms with Gasteiger partial charge >= 0.3 is 12.1 Å². The largest absolute Gasteiger partial charge is 0.471 e. The molecular formula is C14H14F3N3O4. The van der Waals surface area contributed by atoms with Crippen LogP contribution >= 0.6 is 0 Å². The Hall–Kier alpha value is -2.46. The number of rotatable bonds is 7. The molecule has 1 amide bonds. The first kappa shape index (κ1) is 17.9. The number of hydrogen-bond acceptors (Lipinski definition) is 6. The lowest BCUT2D eigenvalue weighted by molar-refractivity contribution is -0.159. The van der Waals surface area contributed by atoms with E-state index in [4.69, 9.17) is 9.47 Å². The van der Waals surface area contributed by atoms with Crippen molar-refractivity contribution in [1.82, 2.24) is 10.1 Å². The minimum atomic E-state index is -4.69. The fourth-order valence-electron chi connectivity index (χ4n) is 1.66. The van der Waals surface area contributed by atoms with Crippen molar-refractivity contribution in [2.45, 2.75) is 6.18 Å². The predicted molar refractivity (Wildman–Crippen MR) is 76.1 cm³/mol. The molecule has 0 saturated heterocycles. The summed E-state index contributed by atoms with van der Waals surface area (Å²) in [6.45, 7) is 0.541. The number of aromatic nitrogens is 2. The van der Waals surface area contributed by atoms with Crippen LogP contribution < -0.4 is 5.32 Å². The molecule has 0 saturated carbocycles. The van der Waals surface area contributed by atoms with E-state index in [1.807, 2.05) is 0 Å². The highest BCUT2D eigenvalue weighted by molar-refractivity contribution is 5.91. The molecule has 0 spiro atoms. The van der Waals surface area contributed by atoms with Crippen LogP contribution in [0.15, 0.2) is 28.8 Å². The van der Waals surface area contributed by atoms with Gasteiger partial charge in [0.1, 0.15) is 6.61 Å². The lowest BCUT2D eigenvalue weighted by Gasteiger charge is -2.06. The van der Waals surface area contributed by atoms with E-state index >= 15 is 0 Å². The first-order valence-electron chi connectivity index (χ1n) is 6.78. The van der Waals surface area contributed by atoms with Crippen molar-refractivity contribution >= 4 is 11.6 Å². The van der Waals surface area contributed by atoms with Gasteiger partial charge in [0.05, 0.1) is 13.2 Å². The second kappa shape index (κ2) is 7.88. The number of halogens is 3. The second-order valence-corrected chi connectivity index (χ2v) is 4.59. The average molecular weight is 345 g/mol. The smallest absolute Gasteiger partial charge is 0.382 e. The molecule has 2 aromatic rings. The number of nitrogens with zero attached hydrogens (tertiary/aromatic N) is 2. The average Bonchev–Trinajstić information content (AvgIpc) is 3.02. The molecule has 0 aliphatic heterocycles. The quantitative estimate of drug-likeness (QED) is 0.775. The summed E-state index contributed by atoms with van der Waals surface area (Å²) in [4.78, 5) is 14.9. The Morgan fingerprint density at radius 2 is 1.96 bits per heavy atom. The Morgan fingerprint density at radius 1 is 1.25 bits per heavy atom. The van der Waals surface area contributed by atoms with Crippen molar-refractivity contribution in [3.8, 4) is 11.4 Å². The number of anilines is 1. The van der Waals surface area contributed by atoms with Gasteiger partial charge in [-0.1, -0.05) is 5.16 Å². The highest BCUT2D eigenvalue weighted by atomic mass is 19.4. The Bertz CT molecular complexity index is 671. The van der Waals surface area contributed by atoms with E-state index in [9.17, 15) is 18.0 Å². The van der Waals surface area contributed by atoms with E-state index < -0.39 is 12.1 Å². The highest BCUT2D eigenvalue weighted by Gasteiger charge is 2.38. The molecule has 0 unspecified atom stereocenters. The van der Waals surface area contributed by atoms with Crippen LogP contribution in [-0.2, 0) is 20.4 Å². The standard InChI is InChI=1S/C14H14F3N3O4/c1-22-6-7-23-8-11(21)18-10-4-2-9(3-5-10)12-19-13(24-20-12)14(15,16)17/h2-5H,6-8H2,1H3,(H,18,21). The van der Waals surface area contributed by atoms with Gasteiger partial charge in [0, 0.05) is 18.4 Å². The van der Waals surface area contributed by atoms with Crippen molar-refractivity contribution in [3.63, 3.8) is 0 Å². The minimum Gasteiger partial charge on any atom is -0.382 e. The van der Waals surface area contributed by atoms with E-state index in [1.54, 1.807) is 0 Å². The maximum Gasteiger partial charge on any atom is 0.471 e. The zero-order chi connectivity index (χ0) is 17.6. The van der Waals surface area contributed by atoms with Crippen molar-refractivity contribution in [2.24, 2.45) is 0 Å². The fourth-order valence-corrected chi connectivity index (χ4v) is 1.66. The molecule has 130 valence electrons. The number of nitrogens with one attached hydrogen (secondary N) is 1. The van der Waals surface area contributed by atoms with Crippen LogP contribution in [0.25, 0.3) is 11.4 Å². The predicted octanol–water partition coefficient (Wildman–Crippen LogP) is 2.36. The number of methoxy groups -OCH3 is 1. The Labute approximate surface area is 134 Å². The van der Waals surface area contributed by atoms with Crippen LogP contribution in [0, 0.1) is 0 Å². The highest BCUT2D eigenvalue weighted by Crippen LogP contribution is 2.29. The zero-order valence-corrected chi connectivity index (χ0v) is 12.6. The van der Waals surface area contributed by atoms with Gasteiger partial charge in [0.15, 0.2) is 0 Å². The van der Waals surface area contributed by atoms with Crippen LogP contribution in [-0.4, -0.2) is 43.0 Å². The molecule has 1 heterocycles. The molecule has 1 aromatic carbocycles. The summed E-state index contributed by atoms with van der Waals surface area (Å²) in [5.74, 6) is -1.97. The Balaban J connectivity index is 1.93. The number of amides is 1. The molecule has 10 heteroatoms. The number of carbonyl (C=O) groups is 1. The molecule has 1 aromatic heterocycles. The van der Waals surface area contributed by atoms with Gasteiger partial charge in [-0.3, -0.25) is 4.79 Å². The molecule has 0 fully saturated rings. The van der Waals surface area contributed by atoms with Gasteiger partial charge in [-0.15, -0.1) is 0 Å². The molecular weight excluding hydrogens is 331 g/mol. The monoisotopic (exact) mass is 345 g/mol. The number of ether oxygens (including phenoxy) is 2. The van der Waals surface area contributed by atoms with E-state index in [0.717, 1.165) is 0 Å². The summed E-state index contributed by atoms with van der Waals surface area (Å²) in [5.41, 5.74) is 0.780. The van der Waals surface area contributed by atoms with E-state index in [2.05, 4.69) is 20.0 Å². The van der Waals surface area contributed by atoms with Crippen molar-refractivity contribution < 1.29 is 32.0 Å². The molecule has 0 bridgehead atoms. The van der Waals surface area contributed by atoms with Gasteiger partial charge in [-0.25, -0.2) is 0 Å². The third kappa shape index (κ3) is 5.03. The van der Waals surface area contributed by atoms with Crippen LogP contribution in [0.1, 0.15) is 5.89 Å². The van der Waals surface area contributed by atoms with Crippen LogP contribution in [0.3, 0.4) is 0 Å². The molecule has 7 nitrogen and oxygen atoms in total. The van der Waals surface area contributed by atoms with Crippen LogP contribution in [0.2, 0.25) is 0 Å². The fraction of sp³-hybridized carbons (Fsp3) is 0.357. The van der Waals surface area contributed by atoms with Gasteiger partial charge in [0.2, 0.25) is 11.7 Å². The first-order valence-corrected chi connectivity index (χ1v) is 6.78.